The lowest BCUT2D eigenvalue weighted by Gasteiger charge is -1.99. The van der Waals surface area contributed by atoms with Gasteiger partial charge >= 0.3 is 5.69 Å². The molecule has 16 heavy (non-hydrogen) atoms. The Balaban J connectivity index is 2.45. The smallest absolute Gasteiger partial charge is 0.310 e. The molecular weight excluding hydrogens is 212 g/mol. The number of aromatic nitrogens is 2. The van der Waals surface area contributed by atoms with Crippen LogP contribution >= 0.6 is 0 Å². The number of anilines is 1. The SMILES string of the molecule is Nc1cc(-c2ccc([N+](=O)[O-])c(O)c2)[nH]n1. The number of phenolic OH excluding ortho intramolecular Hbond substituents is 1. The summed E-state index contributed by atoms with van der Waals surface area (Å²) >= 11 is 0. The molecule has 1 aromatic heterocycles. The maximum absolute atomic E-state index is 10.5. The van der Waals surface area contributed by atoms with Gasteiger partial charge in [0.25, 0.3) is 0 Å². The fourth-order valence-corrected chi connectivity index (χ4v) is 1.33. The van der Waals surface area contributed by atoms with E-state index < -0.39 is 10.7 Å². The van der Waals surface area contributed by atoms with E-state index in [1.54, 1.807) is 6.07 Å². The summed E-state index contributed by atoms with van der Waals surface area (Å²) in [5, 5.41) is 26.3. The number of nitrogens with two attached hydrogens (primary N) is 1. The second kappa shape index (κ2) is 3.54. The first kappa shape index (κ1) is 9.97. The predicted molar refractivity (Wildman–Crippen MR) is 56.8 cm³/mol. The lowest BCUT2D eigenvalue weighted by Crippen LogP contribution is -1.88. The minimum atomic E-state index is -0.652. The molecule has 0 unspecified atom stereocenters. The Morgan fingerprint density at radius 2 is 2.19 bits per heavy atom. The van der Waals surface area contributed by atoms with Crippen LogP contribution in [-0.2, 0) is 0 Å². The van der Waals surface area contributed by atoms with Gasteiger partial charge in [-0.2, -0.15) is 5.10 Å². The summed E-state index contributed by atoms with van der Waals surface area (Å²) in [5.74, 6) is -0.0801. The Kier molecular flexibility index (Phi) is 2.20. The standard InChI is InChI=1S/C9H8N4O3/c10-9-4-6(11-12-9)5-1-2-7(13(15)16)8(14)3-5/h1-4,14H,(H3,10,11,12). The van der Waals surface area contributed by atoms with Crippen molar-refractivity contribution in [2.75, 3.05) is 5.73 Å². The molecule has 82 valence electrons. The van der Waals surface area contributed by atoms with Crippen molar-refractivity contribution in [1.82, 2.24) is 10.2 Å². The third kappa shape index (κ3) is 1.65. The zero-order valence-electron chi connectivity index (χ0n) is 8.04. The maximum Gasteiger partial charge on any atom is 0.310 e. The fourth-order valence-electron chi connectivity index (χ4n) is 1.33. The highest BCUT2D eigenvalue weighted by Crippen LogP contribution is 2.30. The molecule has 7 nitrogen and oxygen atoms in total. The first-order valence-corrected chi connectivity index (χ1v) is 4.36. The highest BCUT2D eigenvalue weighted by molar-refractivity contribution is 5.66. The molecule has 2 rings (SSSR count). The van der Waals surface area contributed by atoms with Crippen molar-refractivity contribution in [3.63, 3.8) is 0 Å². The van der Waals surface area contributed by atoms with Crippen molar-refractivity contribution >= 4 is 11.5 Å². The topological polar surface area (TPSA) is 118 Å². The number of nitro benzene ring substituents is 1. The van der Waals surface area contributed by atoms with Crippen molar-refractivity contribution in [1.29, 1.82) is 0 Å². The zero-order chi connectivity index (χ0) is 11.7. The van der Waals surface area contributed by atoms with E-state index in [0.717, 1.165) is 0 Å². The number of rotatable bonds is 2. The number of hydrogen-bond acceptors (Lipinski definition) is 5. The van der Waals surface area contributed by atoms with Crippen LogP contribution < -0.4 is 5.73 Å². The number of aromatic amines is 1. The van der Waals surface area contributed by atoms with Crippen molar-refractivity contribution in [3.05, 3.63) is 34.4 Å². The van der Waals surface area contributed by atoms with Crippen LogP contribution in [0.15, 0.2) is 24.3 Å². The van der Waals surface area contributed by atoms with E-state index in [2.05, 4.69) is 10.2 Å². The molecule has 0 saturated heterocycles. The summed E-state index contributed by atoms with van der Waals surface area (Å²) in [7, 11) is 0. The quantitative estimate of drug-likeness (QED) is 0.520. The van der Waals surface area contributed by atoms with Gasteiger partial charge in [-0.05, 0) is 12.1 Å². The number of hydrogen-bond donors (Lipinski definition) is 3. The largest absolute Gasteiger partial charge is 0.502 e. The summed E-state index contributed by atoms with van der Waals surface area (Å²) in [6.07, 6.45) is 0. The molecule has 0 bridgehead atoms. The molecule has 0 spiro atoms. The molecule has 4 N–H and O–H groups in total. The Morgan fingerprint density at radius 3 is 2.69 bits per heavy atom. The van der Waals surface area contributed by atoms with Gasteiger partial charge in [-0.15, -0.1) is 0 Å². The monoisotopic (exact) mass is 220 g/mol. The summed E-state index contributed by atoms with van der Waals surface area (Å²) in [6, 6.07) is 5.58. The first-order valence-electron chi connectivity index (χ1n) is 4.36. The fraction of sp³-hybridized carbons (Fsp3) is 0. The number of H-pyrrole nitrogens is 1. The molecule has 0 fully saturated rings. The number of benzene rings is 1. The Labute approximate surface area is 89.7 Å². The van der Waals surface area contributed by atoms with Crippen LogP contribution in [0.25, 0.3) is 11.3 Å². The molecule has 0 aliphatic rings. The number of nitrogens with one attached hydrogen (secondary N) is 1. The molecule has 2 aromatic rings. The van der Waals surface area contributed by atoms with Crippen molar-refractivity contribution in [3.8, 4) is 17.0 Å². The van der Waals surface area contributed by atoms with Crippen LogP contribution in [0.2, 0.25) is 0 Å². The van der Waals surface area contributed by atoms with Crippen molar-refractivity contribution in [2.45, 2.75) is 0 Å². The number of nitro groups is 1. The summed E-state index contributed by atoms with van der Waals surface area (Å²) in [5.41, 5.74) is 6.24. The second-order valence-electron chi connectivity index (χ2n) is 3.17. The third-order valence-corrected chi connectivity index (χ3v) is 2.08. The maximum atomic E-state index is 10.5. The van der Waals surface area contributed by atoms with Crippen LogP contribution in [0.3, 0.4) is 0 Å². The van der Waals surface area contributed by atoms with Gasteiger partial charge in [0.05, 0.1) is 10.6 Å². The molecule has 0 radical (unpaired) electrons. The van der Waals surface area contributed by atoms with Crippen molar-refractivity contribution < 1.29 is 10.0 Å². The van der Waals surface area contributed by atoms with Gasteiger partial charge < -0.3 is 10.8 Å². The lowest BCUT2D eigenvalue weighted by molar-refractivity contribution is -0.385. The summed E-state index contributed by atoms with van der Waals surface area (Å²) < 4.78 is 0. The number of nitrogens with zero attached hydrogens (tertiary/aromatic N) is 2. The molecular formula is C9H8N4O3. The van der Waals surface area contributed by atoms with Gasteiger partial charge in [0.2, 0.25) is 0 Å². The van der Waals surface area contributed by atoms with E-state index in [-0.39, 0.29) is 5.69 Å². The predicted octanol–water partition coefficient (Wildman–Crippen LogP) is 1.27. The van der Waals surface area contributed by atoms with E-state index in [1.807, 2.05) is 0 Å². The van der Waals surface area contributed by atoms with Crippen LogP contribution in [0.1, 0.15) is 0 Å². The normalized spacial score (nSPS) is 10.2. The minimum Gasteiger partial charge on any atom is -0.502 e. The average Bonchev–Trinajstić information content (AvgIpc) is 2.64. The Bertz CT molecular complexity index is 549. The molecule has 1 heterocycles. The number of nitrogen functional groups attached to an aromatic ring is 1. The van der Waals surface area contributed by atoms with Gasteiger partial charge in [-0.3, -0.25) is 15.2 Å². The lowest BCUT2D eigenvalue weighted by atomic mass is 10.1. The van der Waals surface area contributed by atoms with E-state index in [9.17, 15) is 15.2 Å². The second-order valence-corrected chi connectivity index (χ2v) is 3.17. The molecule has 0 atom stereocenters. The van der Waals surface area contributed by atoms with Crippen LogP contribution in [0, 0.1) is 10.1 Å². The molecule has 0 amide bonds. The molecule has 0 saturated carbocycles. The third-order valence-electron chi connectivity index (χ3n) is 2.08. The Morgan fingerprint density at radius 1 is 1.44 bits per heavy atom. The van der Waals surface area contributed by atoms with Gasteiger partial charge in [0.15, 0.2) is 5.75 Å². The molecule has 0 aliphatic carbocycles. The highest BCUT2D eigenvalue weighted by Gasteiger charge is 2.14. The highest BCUT2D eigenvalue weighted by atomic mass is 16.6. The van der Waals surface area contributed by atoms with Crippen LogP contribution in [0.5, 0.6) is 5.75 Å². The van der Waals surface area contributed by atoms with E-state index in [4.69, 9.17) is 5.73 Å². The van der Waals surface area contributed by atoms with E-state index in [0.29, 0.717) is 17.1 Å². The molecule has 7 heteroatoms. The average molecular weight is 220 g/mol. The zero-order valence-corrected chi connectivity index (χ0v) is 8.04. The summed E-state index contributed by atoms with van der Waals surface area (Å²) in [4.78, 5) is 9.83. The van der Waals surface area contributed by atoms with Crippen LogP contribution in [0.4, 0.5) is 11.5 Å². The van der Waals surface area contributed by atoms with E-state index >= 15 is 0 Å². The van der Waals surface area contributed by atoms with Gasteiger partial charge in [0.1, 0.15) is 5.82 Å². The number of aromatic hydroxyl groups is 1. The van der Waals surface area contributed by atoms with Crippen molar-refractivity contribution in [2.24, 2.45) is 0 Å². The summed E-state index contributed by atoms with van der Waals surface area (Å²) in [6.45, 7) is 0. The Hall–Kier alpha value is -2.57. The molecule has 0 aliphatic heterocycles. The number of phenols is 1. The van der Waals surface area contributed by atoms with Crippen LogP contribution in [-0.4, -0.2) is 20.2 Å². The molecule has 1 aromatic carbocycles. The van der Waals surface area contributed by atoms with Gasteiger partial charge in [-0.1, -0.05) is 0 Å². The van der Waals surface area contributed by atoms with Gasteiger partial charge in [0, 0.05) is 17.7 Å². The van der Waals surface area contributed by atoms with E-state index in [1.165, 1.54) is 18.2 Å². The minimum absolute atomic E-state index is 0.313. The first-order chi connectivity index (χ1) is 7.58. The van der Waals surface area contributed by atoms with Gasteiger partial charge in [-0.25, -0.2) is 0 Å².